The minimum atomic E-state index is -0.544. The van der Waals surface area contributed by atoms with Gasteiger partial charge in [0.25, 0.3) is 0 Å². The van der Waals surface area contributed by atoms with Crippen molar-refractivity contribution in [2.45, 2.75) is 26.0 Å². The second kappa shape index (κ2) is 9.42. The minimum absolute atomic E-state index is 0.368. The first-order valence-corrected chi connectivity index (χ1v) is 8.39. The Morgan fingerprint density at radius 2 is 1.82 bits per heavy atom. The van der Waals surface area contributed by atoms with Crippen molar-refractivity contribution in [1.29, 1.82) is 0 Å². The van der Waals surface area contributed by atoms with Crippen molar-refractivity contribution in [1.82, 2.24) is 10.2 Å². The van der Waals surface area contributed by atoms with E-state index in [1.54, 1.807) is 31.2 Å². The van der Waals surface area contributed by atoms with E-state index < -0.39 is 11.3 Å². The van der Waals surface area contributed by atoms with Crippen LogP contribution in [0.25, 0.3) is 0 Å². The van der Waals surface area contributed by atoms with Crippen molar-refractivity contribution in [2.24, 2.45) is 0 Å². The van der Waals surface area contributed by atoms with Gasteiger partial charge in [0.1, 0.15) is 4.32 Å². The highest BCUT2D eigenvalue weighted by atomic mass is 32.2. The number of urea groups is 1. The number of amides is 3. The number of imide groups is 1. The number of rotatable bonds is 5. The Morgan fingerprint density at radius 1 is 1.23 bits per heavy atom. The van der Waals surface area contributed by atoms with E-state index in [-0.39, 0.29) is 5.91 Å². The van der Waals surface area contributed by atoms with Crippen LogP contribution in [0.1, 0.15) is 20.8 Å². The fourth-order valence-electron chi connectivity index (χ4n) is 1.66. The van der Waals surface area contributed by atoms with Gasteiger partial charge in [0, 0.05) is 18.8 Å². The van der Waals surface area contributed by atoms with Crippen LogP contribution in [0.3, 0.4) is 0 Å². The molecule has 0 bridgehead atoms. The molecule has 120 valence electrons. The van der Waals surface area contributed by atoms with Gasteiger partial charge in [-0.2, -0.15) is 0 Å². The minimum Gasteiger partial charge on any atom is -0.358 e. The molecule has 0 aliphatic heterocycles. The number of anilines is 1. The van der Waals surface area contributed by atoms with E-state index in [0.717, 1.165) is 13.1 Å². The molecule has 0 saturated heterocycles. The van der Waals surface area contributed by atoms with Crippen molar-refractivity contribution in [3.05, 3.63) is 30.3 Å². The zero-order valence-corrected chi connectivity index (χ0v) is 14.6. The number of nitrogens with zero attached hydrogens (tertiary/aromatic N) is 1. The maximum absolute atomic E-state index is 12.0. The molecule has 1 aromatic carbocycles. The van der Waals surface area contributed by atoms with Crippen molar-refractivity contribution in [2.75, 3.05) is 18.4 Å². The van der Waals surface area contributed by atoms with Gasteiger partial charge in [-0.15, -0.1) is 0 Å². The third-order valence-electron chi connectivity index (χ3n) is 2.94. The summed E-state index contributed by atoms with van der Waals surface area (Å²) in [6.07, 6.45) is 0. The number of para-hydroxylation sites is 1. The van der Waals surface area contributed by atoms with E-state index in [4.69, 9.17) is 12.2 Å². The van der Waals surface area contributed by atoms with Crippen LogP contribution in [-0.4, -0.2) is 39.5 Å². The standard InChI is InChI=1S/C15H21N3O2S2/c1-4-18(5-2)15(21)22-11(3)13(19)17-14(20)16-12-9-7-6-8-10-12/h6-11H,4-5H2,1-3H3,(H2,16,17,19,20). The van der Waals surface area contributed by atoms with Crippen molar-refractivity contribution in [3.63, 3.8) is 0 Å². The number of hydrogen-bond acceptors (Lipinski definition) is 4. The topological polar surface area (TPSA) is 61.4 Å². The first kappa shape index (κ1) is 18.4. The molecule has 0 fully saturated rings. The van der Waals surface area contributed by atoms with Gasteiger partial charge in [-0.1, -0.05) is 42.2 Å². The van der Waals surface area contributed by atoms with Crippen LogP contribution in [0, 0.1) is 0 Å². The Bertz CT molecular complexity index is 519. The van der Waals surface area contributed by atoms with Crippen LogP contribution in [0.5, 0.6) is 0 Å². The van der Waals surface area contributed by atoms with Crippen LogP contribution in [0.2, 0.25) is 0 Å². The fourth-order valence-corrected chi connectivity index (χ4v) is 3.23. The second-order valence-corrected chi connectivity index (χ2v) is 6.48. The molecule has 0 saturated carbocycles. The largest absolute Gasteiger partial charge is 0.358 e. The highest BCUT2D eigenvalue weighted by molar-refractivity contribution is 8.23. The summed E-state index contributed by atoms with van der Waals surface area (Å²) >= 11 is 6.57. The fraction of sp³-hybridized carbons (Fsp3) is 0.400. The molecule has 0 heterocycles. The molecular formula is C15H21N3O2S2. The second-order valence-electron chi connectivity index (χ2n) is 4.51. The third-order valence-corrected chi connectivity index (χ3v) is 4.51. The van der Waals surface area contributed by atoms with Gasteiger partial charge in [-0.3, -0.25) is 10.1 Å². The highest BCUT2D eigenvalue weighted by Crippen LogP contribution is 2.16. The molecule has 1 rings (SSSR count). The van der Waals surface area contributed by atoms with Crippen LogP contribution in [0.4, 0.5) is 10.5 Å². The van der Waals surface area contributed by atoms with Crippen LogP contribution < -0.4 is 10.6 Å². The summed E-state index contributed by atoms with van der Waals surface area (Å²) in [7, 11) is 0. The molecule has 3 amide bonds. The van der Waals surface area contributed by atoms with Crippen LogP contribution in [-0.2, 0) is 4.79 Å². The van der Waals surface area contributed by atoms with E-state index in [0.29, 0.717) is 10.0 Å². The molecule has 1 aromatic rings. The van der Waals surface area contributed by atoms with Crippen molar-refractivity contribution < 1.29 is 9.59 Å². The van der Waals surface area contributed by atoms with E-state index >= 15 is 0 Å². The van der Waals surface area contributed by atoms with E-state index in [1.165, 1.54) is 11.8 Å². The summed E-state index contributed by atoms with van der Waals surface area (Å²) in [6, 6.07) is 8.41. The maximum atomic E-state index is 12.0. The average molecular weight is 339 g/mol. The number of carbonyl (C=O) groups is 2. The normalized spacial score (nSPS) is 11.4. The monoisotopic (exact) mass is 339 g/mol. The highest BCUT2D eigenvalue weighted by Gasteiger charge is 2.20. The lowest BCUT2D eigenvalue weighted by molar-refractivity contribution is -0.119. The molecule has 2 N–H and O–H groups in total. The van der Waals surface area contributed by atoms with E-state index in [1.807, 2.05) is 24.8 Å². The number of nitrogens with one attached hydrogen (secondary N) is 2. The molecule has 0 radical (unpaired) electrons. The Hall–Kier alpha value is -1.60. The van der Waals surface area contributed by atoms with E-state index in [9.17, 15) is 9.59 Å². The lowest BCUT2D eigenvalue weighted by Crippen LogP contribution is -2.40. The van der Waals surface area contributed by atoms with Gasteiger partial charge in [0.15, 0.2) is 0 Å². The van der Waals surface area contributed by atoms with E-state index in [2.05, 4.69) is 10.6 Å². The average Bonchev–Trinajstić information content (AvgIpc) is 2.49. The zero-order valence-electron chi connectivity index (χ0n) is 13.0. The lowest BCUT2D eigenvalue weighted by Gasteiger charge is -2.22. The number of hydrogen-bond donors (Lipinski definition) is 2. The predicted molar refractivity (Wildman–Crippen MR) is 96.2 cm³/mol. The Labute approximate surface area is 140 Å². The van der Waals surface area contributed by atoms with Crippen LogP contribution >= 0.6 is 24.0 Å². The predicted octanol–water partition coefficient (Wildman–Crippen LogP) is 3.08. The van der Waals surface area contributed by atoms with Crippen molar-refractivity contribution in [3.8, 4) is 0 Å². The molecule has 0 spiro atoms. The smallest absolute Gasteiger partial charge is 0.325 e. The van der Waals surface area contributed by atoms with Crippen molar-refractivity contribution >= 4 is 45.9 Å². The van der Waals surface area contributed by atoms with Gasteiger partial charge in [0.2, 0.25) is 5.91 Å². The first-order chi connectivity index (χ1) is 10.5. The lowest BCUT2D eigenvalue weighted by atomic mass is 10.3. The summed E-state index contributed by atoms with van der Waals surface area (Å²) in [5.74, 6) is -0.368. The zero-order chi connectivity index (χ0) is 16.5. The van der Waals surface area contributed by atoms with Gasteiger partial charge in [0.05, 0.1) is 5.25 Å². The molecule has 1 unspecified atom stereocenters. The molecular weight excluding hydrogens is 318 g/mol. The number of thiocarbonyl (C=S) groups is 1. The maximum Gasteiger partial charge on any atom is 0.325 e. The van der Waals surface area contributed by atoms with Crippen LogP contribution in [0.15, 0.2) is 30.3 Å². The number of carbonyl (C=O) groups excluding carboxylic acids is 2. The molecule has 5 nitrogen and oxygen atoms in total. The summed E-state index contributed by atoms with van der Waals surface area (Å²) in [5.41, 5.74) is 0.631. The molecule has 0 aliphatic rings. The Balaban J connectivity index is 2.47. The summed E-state index contributed by atoms with van der Waals surface area (Å²) in [4.78, 5) is 25.8. The molecule has 0 aromatic heterocycles. The molecule has 7 heteroatoms. The first-order valence-electron chi connectivity index (χ1n) is 7.10. The third kappa shape index (κ3) is 6.03. The van der Waals surface area contributed by atoms with Gasteiger partial charge < -0.3 is 10.2 Å². The Morgan fingerprint density at radius 3 is 2.36 bits per heavy atom. The summed E-state index contributed by atoms with van der Waals surface area (Å²) in [6.45, 7) is 7.34. The molecule has 0 aliphatic carbocycles. The summed E-state index contributed by atoms with van der Waals surface area (Å²) < 4.78 is 0.663. The van der Waals surface area contributed by atoms with Gasteiger partial charge in [-0.25, -0.2) is 4.79 Å². The SMILES string of the molecule is CCN(CC)C(=S)SC(C)C(=O)NC(=O)Nc1ccccc1. The molecule has 1 atom stereocenters. The molecule has 22 heavy (non-hydrogen) atoms. The van der Waals surface area contributed by atoms with Gasteiger partial charge in [-0.05, 0) is 32.9 Å². The quantitative estimate of drug-likeness (QED) is 0.807. The van der Waals surface area contributed by atoms with Gasteiger partial charge >= 0.3 is 6.03 Å². The number of thioether (sulfide) groups is 1. The summed E-state index contributed by atoms with van der Waals surface area (Å²) in [5, 5.41) is 4.49. The Kier molecular flexibility index (Phi) is 7.90. The number of benzene rings is 1.